The lowest BCUT2D eigenvalue weighted by Gasteiger charge is -2.42. The summed E-state index contributed by atoms with van der Waals surface area (Å²) in [5, 5.41) is 10.9. The summed E-state index contributed by atoms with van der Waals surface area (Å²) in [4.78, 5) is 2.47. The van der Waals surface area contributed by atoms with Crippen LogP contribution < -0.4 is 0 Å². The fourth-order valence-electron chi connectivity index (χ4n) is 2.10. The number of halogens is 1. The smallest absolute Gasteiger partial charge is 0.0615 e. The van der Waals surface area contributed by atoms with E-state index >= 15 is 0 Å². The highest BCUT2D eigenvalue weighted by molar-refractivity contribution is 9.09. The molecule has 1 aliphatic heterocycles. The molecule has 1 N–H and O–H groups in total. The maximum Gasteiger partial charge on any atom is 0.0615 e. The van der Waals surface area contributed by atoms with Gasteiger partial charge in [0.2, 0.25) is 0 Å². The van der Waals surface area contributed by atoms with E-state index in [0.29, 0.717) is 5.92 Å². The van der Waals surface area contributed by atoms with Gasteiger partial charge in [0, 0.05) is 30.4 Å². The molecule has 84 valence electrons. The molecule has 2 unspecified atom stereocenters. The molecule has 3 heteroatoms. The summed E-state index contributed by atoms with van der Waals surface area (Å²) in [7, 11) is 0. The minimum Gasteiger partial charge on any atom is -0.392 e. The molecule has 1 saturated heterocycles. The second-order valence-corrected chi connectivity index (χ2v) is 5.94. The largest absolute Gasteiger partial charge is 0.392 e. The summed E-state index contributed by atoms with van der Waals surface area (Å²) in [5.41, 5.74) is 0.0598. The molecule has 0 bridgehead atoms. The van der Waals surface area contributed by atoms with Gasteiger partial charge in [-0.05, 0) is 12.3 Å². The number of aliphatic hydroxyl groups excluding tert-OH is 1. The lowest BCUT2D eigenvalue weighted by molar-refractivity contribution is -0.0271. The monoisotopic (exact) mass is 263 g/mol. The molecule has 1 rings (SSSR count). The van der Waals surface area contributed by atoms with Crippen LogP contribution in [0.1, 0.15) is 27.2 Å². The lowest BCUT2D eigenvalue weighted by Crippen LogP contribution is -2.49. The van der Waals surface area contributed by atoms with Crippen molar-refractivity contribution >= 4 is 15.9 Å². The van der Waals surface area contributed by atoms with E-state index in [2.05, 4.69) is 41.6 Å². The van der Waals surface area contributed by atoms with Gasteiger partial charge in [0.1, 0.15) is 0 Å². The van der Waals surface area contributed by atoms with Crippen molar-refractivity contribution in [3.8, 4) is 0 Å². The van der Waals surface area contributed by atoms with Crippen molar-refractivity contribution in [1.82, 2.24) is 4.90 Å². The van der Waals surface area contributed by atoms with Gasteiger partial charge in [-0.3, -0.25) is 0 Å². The van der Waals surface area contributed by atoms with Crippen LogP contribution in [0.3, 0.4) is 0 Å². The minimum atomic E-state index is -0.127. The Labute approximate surface area is 95.8 Å². The Hall–Kier alpha value is 0.400. The summed E-state index contributed by atoms with van der Waals surface area (Å²) < 4.78 is 0. The fourth-order valence-corrected chi connectivity index (χ4v) is 2.31. The Morgan fingerprint density at radius 1 is 1.57 bits per heavy atom. The quantitative estimate of drug-likeness (QED) is 0.789. The Bertz CT molecular complexity index is 184. The van der Waals surface area contributed by atoms with Crippen LogP contribution in [0.25, 0.3) is 0 Å². The predicted octanol–water partition coefficient (Wildman–Crippen LogP) is 2.11. The third-order valence-electron chi connectivity index (χ3n) is 3.09. The van der Waals surface area contributed by atoms with Gasteiger partial charge >= 0.3 is 0 Å². The fraction of sp³-hybridized carbons (Fsp3) is 1.00. The topological polar surface area (TPSA) is 23.5 Å². The van der Waals surface area contributed by atoms with Crippen molar-refractivity contribution in [2.24, 2.45) is 11.3 Å². The minimum absolute atomic E-state index is 0.0598. The van der Waals surface area contributed by atoms with Gasteiger partial charge in [-0.25, -0.2) is 0 Å². The van der Waals surface area contributed by atoms with Crippen molar-refractivity contribution in [2.75, 3.05) is 25.0 Å². The first-order valence-electron chi connectivity index (χ1n) is 5.42. The highest BCUT2D eigenvalue weighted by Gasteiger charge is 2.34. The molecule has 0 aromatic heterocycles. The van der Waals surface area contributed by atoms with Gasteiger partial charge in [0.05, 0.1) is 6.10 Å². The van der Waals surface area contributed by atoms with Crippen LogP contribution in [0.5, 0.6) is 0 Å². The first-order valence-corrected chi connectivity index (χ1v) is 6.54. The highest BCUT2D eigenvalue weighted by atomic mass is 79.9. The number of aliphatic hydroxyl groups is 1. The molecule has 0 aromatic carbocycles. The SMILES string of the molecule is CC(CBr)CN1CCC(O)C(C)(C)C1. The predicted molar refractivity (Wildman–Crippen MR) is 63.8 cm³/mol. The standard InChI is InChI=1S/C11H22BrNO/c1-9(6-12)7-13-5-4-10(14)11(2,3)8-13/h9-10,14H,4-8H2,1-3H3. The zero-order chi connectivity index (χ0) is 10.8. The first kappa shape index (κ1) is 12.5. The first-order chi connectivity index (χ1) is 6.45. The molecule has 1 aliphatic rings. The maximum absolute atomic E-state index is 9.81. The van der Waals surface area contributed by atoms with Crippen molar-refractivity contribution in [3.05, 3.63) is 0 Å². The van der Waals surface area contributed by atoms with Crippen LogP contribution in [-0.4, -0.2) is 41.1 Å². The van der Waals surface area contributed by atoms with Gasteiger partial charge < -0.3 is 10.0 Å². The third-order valence-corrected chi connectivity index (χ3v) is 4.19. The second-order valence-electron chi connectivity index (χ2n) is 5.29. The van der Waals surface area contributed by atoms with E-state index in [0.717, 1.165) is 31.4 Å². The molecule has 0 aromatic rings. The number of nitrogens with zero attached hydrogens (tertiary/aromatic N) is 1. The van der Waals surface area contributed by atoms with Crippen LogP contribution in [-0.2, 0) is 0 Å². The van der Waals surface area contributed by atoms with Crippen molar-refractivity contribution in [1.29, 1.82) is 0 Å². The Morgan fingerprint density at radius 3 is 2.71 bits per heavy atom. The van der Waals surface area contributed by atoms with E-state index in [9.17, 15) is 5.11 Å². The molecule has 2 nitrogen and oxygen atoms in total. The Kier molecular flexibility index (Phi) is 4.41. The van der Waals surface area contributed by atoms with E-state index in [1.807, 2.05) is 0 Å². The number of piperidine rings is 1. The zero-order valence-electron chi connectivity index (χ0n) is 9.46. The molecule has 0 amide bonds. The van der Waals surface area contributed by atoms with Crippen molar-refractivity contribution < 1.29 is 5.11 Å². The molecule has 0 radical (unpaired) electrons. The van der Waals surface area contributed by atoms with E-state index < -0.39 is 0 Å². The van der Waals surface area contributed by atoms with Gasteiger partial charge in [0.15, 0.2) is 0 Å². The van der Waals surface area contributed by atoms with Gasteiger partial charge in [-0.15, -0.1) is 0 Å². The maximum atomic E-state index is 9.81. The van der Waals surface area contributed by atoms with Crippen LogP contribution in [0.4, 0.5) is 0 Å². The second kappa shape index (κ2) is 4.95. The summed E-state index contributed by atoms with van der Waals surface area (Å²) in [6.45, 7) is 9.77. The van der Waals surface area contributed by atoms with Crippen LogP contribution >= 0.6 is 15.9 Å². The van der Waals surface area contributed by atoms with Crippen LogP contribution in [0, 0.1) is 11.3 Å². The van der Waals surface area contributed by atoms with Crippen molar-refractivity contribution in [2.45, 2.75) is 33.3 Å². The summed E-state index contributed by atoms with van der Waals surface area (Å²) >= 11 is 3.51. The van der Waals surface area contributed by atoms with E-state index in [-0.39, 0.29) is 11.5 Å². The van der Waals surface area contributed by atoms with Crippen LogP contribution in [0.15, 0.2) is 0 Å². The zero-order valence-corrected chi connectivity index (χ0v) is 11.0. The molecular formula is C11H22BrNO. The summed E-state index contributed by atoms with van der Waals surface area (Å²) in [6.07, 6.45) is 0.792. The number of hydrogen-bond donors (Lipinski definition) is 1. The molecule has 14 heavy (non-hydrogen) atoms. The van der Waals surface area contributed by atoms with Crippen LogP contribution in [0.2, 0.25) is 0 Å². The molecule has 0 saturated carbocycles. The number of alkyl halides is 1. The Balaban J connectivity index is 2.43. The van der Waals surface area contributed by atoms with E-state index in [1.54, 1.807) is 0 Å². The van der Waals surface area contributed by atoms with Gasteiger partial charge in [-0.1, -0.05) is 36.7 Å². The molecule has 1 heterocycles. The lowest BCUT2D eigenvalue weighted by atomic mass is 9.81. The molecule has 0 spiro atoms. The average molecular weight is 264 g/mol. The van der Waals surface area contributed by atoms with Crippen molar-refractivity contribution in [3.63, 3.8) is 0 Å². The number of rotatable bonds is 3. The Morgan fingerprint density at radius 2 is 2.21 bits per heavy atom. The van der Waals surface area contributed by atoms with E-state index in [4.69, 9.17) is 0 Å². The van der Waals surface area contributed by atoms with Gasteiger partial charge in [0.25, 0.3) is 0 Å². The molecular weight excluding hydrogens is 242 g/mol. The number of hydrogen-bond acceptors (Lipinski definition) is 2. The number of likely N-dealkylation sites (tertiary alicyclic amines) is 1. The molecule has 2 atom stereocenters. The summed E-state index contributed by atoms with van der Waals surface area (Å²) in [6, 6.07) is 0. The van der Waals surface area contributed by atoms with Gasteiger partial charge in [-0.2, -0.15) is 0 Å². The average Bonchev–Trinajstić information content (AvgIpc) is 2.11. The van der Waals surface area contributed by atoms with E-state index in [1.165, 1.54) is 0 Å². The highest BCUT2D eigenvalue weighted by Crippen LogP contribution is 2.29. The normalized spacial score (nSPS) is 30.2. The molecule has 1 fully saturated rings. The summed E-state index contributed by atoms with van der Waals surface area (Å²) in [5.74, 6) is 0.695. The third kappa shape index (κ3) is 3.21. The molecule has 0 aliphatic carbocycles.